The number of para-hydroxylation sites is 1. The van der Waals surface area contributed by atoms with Gasteiger partial charge in [-0.2, -0.15) is 13.2 Å². The number of nitrogens with zero attached hydrogens (tertiary/aromatic N) is 1. The third-order valence-electron chi connectivity index (χ3n) is 1.99. The molecule has 0 aliphatic carbocycles. The number of carbonyl (C=O) groups excluding carboxylic acids is 1. The zero-order chi connectivity index (χ0) is 11.9. The van der Waals surface area contributed by atoms with Crippen LogP contribution in [0.1, 0.15) is 16.2 Å². The topological polar surface area (TPSA) is 45.8 Å². The number of carbonyl (C=O) groups is 1. The lowest BCUT2D eigenvalue weighted by Crippen LogP contribution is -2.07. The first kappa shape index (κ1) is 10.9. The van der Waals surface area contributed by atoms with Crippen LogP contribution >= 0.6 is 11.6 Å². The fraction of sp³-hybridized carbons (Fsp3) is 0.111. The molecule has 2 aromatic rings. The number of benzene rings is 1. The summed E-state index contributed by atoms with van der Waals surface area (Å²) >= 11 is 5.23. The van der Waals surface area contributed by atoms with Crippen molar-refractivity contribution < 1.29 is 18.0 Å². The number of hydrogen-bond acceptors (Lipinski definition) is 2. The molecule has 3 nitrogen and oxygen atoms in total. The van der Waals surface area contributed by atoms with E-state index < -0.39 is 17.2 Å². The Morgan fingerprint density at radius 2 is 2.06 bits per heavy atom. The molecule has 0 spiro atoms. The van der Waals surface area contributed by atoms with Crippen LogP contribution in [0.4, 0.5) is 13.2 Å². The summed E-state index contributed by atoms with van der Waals surface area (Å²) in [6.07, 6.45) is -4.58. The van der Waals surface area contributed by atoms with Crippen molar-refractivity contribution in [2.75, 3.05) is 0 Å². The smallest absolute Gasteiger partial charge is 0.334 e. The summed E-state index contributed by atoms with van der Waals surface area (Å²) in [5, 5.41) is -0.842. The molecule has 0 saturated carbocycles. The SMILES string of the molecule is O=C(Cl)c1cccc2[nH]c(C(F)(F)F)nc12. The molecular weight excluding hydrogens is 245 g/mol. The number of halogens is 4. The highest BCUT2D eigenvalue weighted by molar-refractivity contribution is 6.68. The van der Waals surface area contributed by atoms with E-state index in [0.29, 0.717) is 0 Å². The largest absolute Gasteiger partial charge is 0.449 e. The van der Waals surface area contributed by atoms with Gasteiger partial charge in [0.1, 0.15) is 5.52 Å². The first-order chi connectivity index (χ1) is 7.39. The lowest BCUT2D eigenvalue weighted by Gasteiger charge is -1.99. The van der Waals surface area contributed by atoms with Gasteiger partial charge in [0.05, 0.1) is 11.1 Å². The standard InChI is InChI=1S/C9H4ClF3N2O/c10-7(16)4-2-1-3-5-6(4)15-8(14-5)9(11,12)13/h1-3H,(H,14,15). The molecule has 0 aliphatic heterocycles. The van der Waals surface area contributed by atoms with Crippen LogP contribution in [0.15, 0.2) is 18.2 Å². The molecule has 84 valence electrons. The molecule has 1 aromatic heterocycles. The maximum Gasteiger partial charge on any atom is 0.449 e. The number of aromatic amines is 1. The van der Waals surface area contributed by atoms with Crippen LogP contribution in [0.2, 0.25) is 0 Å². The Labute approximate surface area is 92.2 Å². The molecule has 0 atom stereocenters. The first-order valence-corrected chi connectivity index (χ1v) is 4.53. The predicted molar refractivity (Wildman–Crippen MR) is 51.3 cm³/mol. The minimum Gasteiger partial charge on any atom is -0.334 e. The van der Waals surface area contributed by atoms with Gasteiger partial charge in [-0.05, 0) is 23.7 Å². The molecule has 1 heterocycles. The highest BCUT2D eigenvalue weighted by atomic mass is 35.5. The van der Waals surface area contributed by atoms with Crippen molar-refractivity contribution in [3.8, 4) is 0 Å². The molecule has 16 heavy (non-hydrogen) atoms. The van der Waals surface area contributed by atoms with Crippen LogP contribution in [-0.4, -0.2) is 15.2 Å². The minimum atomic E-state index is -4.58. The third kappa shape index (κ3) is 1.76. The maximum atomic E-state index is 12.3. The second-order valence-corrected chi connectivity index (χ2v) is 3.40. The van der Waals surface area contributed by atoms with Crippen LogP contribution in [-0.2, 0) is 6.18 Å². The Bertz CT molecular complexity index is 561. The van der Waals surface area contributed by atoms with Gasteiger partial charge in [-0.15, -0.1) is 0 Å². The zero-order valence-corrected chi connectivity index (χ0v) is 8.36. The Balaban J connectivity index is 2.71. The van der Waals surface area contributed by atoms with E-state index >= 15 is 0 Å². The van der Waals surface area contributed by atoms with Gasteiger partial charge in [-0.3, -0.25) is 4.79 Å². The van der Waals surface area contributed by atoms with E-state index in [1.165, 1.54) is 18.2 Å². The molecule has 0 amide bonds. The lowest BCUT2D eigenvalue weighted by atomic mass is 10.2. The summed E-state index contributed by atoms with van der Waals surface area (Å²) < 4.78 is 37.0. The van der Waals surface area contributed by atoms with Crippen LogP contribution < -0.4 is 0 Å². The summed E-state index contributed by atoms with van der Waals surface area (Å²) in [5.41, 5.74) is -0.000401. The summed E-state index contributed by atoms with van der Waals surface area (Å²) in [7, 11) is 0. The summed E-state index contributed by atoms with van der Waals surface area (Å²) in [4.78, 5) is 16.4. The highest BCUT2D eigenvalue weighted by Gasteiger charge is 2.35. The molecule has 7 heteroatoms. The van der Waals surface area contributed by atoms with Crippen LogP contribution in [0, 0.1) is 0 Å². The monoisotopic (exact) mass is 248 g/mol. The second-order valence-electron chi connectivity index (χ2n) is 3.06. The molecule has 0 bridgehead atoms. The van der Waals surface area contributed by atoms with Crippen molar-refractivity contribution in [3.05, 3.63) is 29.6 Å². The van der Waals surface area contributed by atoms with Gasteiger partial charge in [0.2, 0.25) is 5.82 Å². The number of nitrogens with one attached hydrogen (secondary N) is 1. The number of hydrogen-bond donors (Lipinski definition) is 1. The maximum absolute atomic E-state index is 12.3. The van der Waals surface area contributed by atoms with Crippen molar-refractivity contribution in [1.82, 2.24) is 9.97 Å². The quantitative estimate of drug-likeness (QED) is 0.789. The summed E-state index contributed by atoms with van der Waals surface area (Å²) in [5.74, 6) is -1.15. The Morgan fingerprint density at radius 3 is 2.62 bits per heavy atom. The number of aromatic nitrogens is 2. The van der Waals surface area contributed by atoms with Gasteiger partial charge in [-0.25, -0.2) is 4.98 Å². The van der Waals surface area contributed by atoms with Crippen LogP contribution in [0.25, 0.3) is 11.0 Å². The first-order valence-electron chi connectivity index (χ1n) is 4.15. The van der Waals surface area contributed by atoms with E-state index in [1.807, 2.05) is 0 Å². The number of imidazole rings is 1. The predicted octanol–water partition coefficient (Wildman–Crippen LogP) is 2.96. The van der Waals surface area contributed by atoms with Crippen molar-refractivity contribution in [2.24, 2.45) is 0 Å². The minimum absolute atomic E-state index is 0.0501. The normalized spacial score (nSPS) is 12.0. The molecule has 1 N–H and O–H groups in total. The average molecular weight is 249 g/mol. The van der Waals surface area contributed by atoms with Gasteiger partial charge in [-0.1, -0.05) is 6.07 Å². The number of rotatable bonds is 1. The van der Waals surface area contributed by atoms with Gasteiger partial charge < -0.3 is 4.98 Å². The van der Waals surface area contributed by atoms with Gasteiger partial charge in [0.15, 0.2) is 0 Å². The van der Waals surface area contributed by atoms with Gasteiger partial charge >= 0.3 is 6.18 Å². The van der Waals surface area contributed by atoms with E-state index in [2.05, 4.69) is 9.97 Å². The van der Waals surface area contributed by atoms with E-state index in [1.54, 1.807) is 0 Å². The highest BCUT2D eigenvalue weighted by Crippen LogP contribution is 2.29. The molecule has 0 aliphatic rings. The number of fused-ring (bicyclic) bond motifs is 1. The third-order valence-corrected chi connectivity index (χ3v) is 2.20. The van der Waals surface area contributed by atoms with E-state index in [9.17, 15) is 18.0 Å². The molecular formula is C9H4ClF3N2O. The fourth-order valence-electron chi connectivity index (χ4n) is 1.33. The molecule has 2 rings (SSSR count). The Hall–Kier alpha value is -1.56. The van der Waals surface area contributed by atoms with Crippen LogP contribution in [0.3, 0.4) is 0 Å². The van der Waals surface area contributed by atoms with E-state index in [0.717, 1.165) is 0 Å². The van der Waals surface area contributed by atoms with Crippen molar-refractivity contribution in [1.29, 1.82) is 0 Å². The van der Waals surface area contributed by atoms with E-state index in [-0.39, 0.29) is 16.6 Å². The zero-order valence-electron chi connectivity index (χ0n) is 7.60. The van der Waals surface area contributed by atoms with Crippen LogP contribution in [0.5, 0.6) is 0 Å². The number of alkyl halides is 3. The second kappa shape index (κ2) is 3.48. The molecule has 1 aromatic carbocycles. The Morgan fingerprint density at radius 1 is 1.38 bits per heavy atom. The molecule has 0 saturated heterocycles. The van der Waals surface area contributed by atoms with Gasteiger partial charge in [0.25, 0.3) is 5.24 Å². The molecule has 0 radical (unpaired) electrons. The summed E-state index contributed by atoms with van der Waals surface area (Å²) in [6, 6.07) is 4.13. The molecule has 0 fully saturated rings. The molecule has 0 unspecified atom stereocenters. The number of H-pyrrole nitrogens is 1. The fourth-order valence-corrected chi connectivity index (χ4v) is 1.48. The van der Waals surface area contributed by atoms with Gasteiger partial charge in [0, 0.05) is 0 Å². The van der Waals surface area contributed by atoms with Crippen molar-refractivity contribution in [3.63, 3.8) is 0 Å². The van der Waals surface area contributed by atoms with Crippen molar-refractivity contribution in [2.45, 2.75) is 6.18 Å². The Kier molecular flexibility index (Phi) is 2.38. The summed E-state index contributed by atoms with van der Waals surface area (Å²) in [6.45, 7) is 0. The van der Waals surface area contributed by atoms with Crippen molar-refractivity contribution >= 4 is 27.9 Å². The lowest BCUT2D eigenvalue weighted by molar-refractivity contribution is -0.144. The average Bonchev–Trinajstić information content (AvgIpc) is 2.59. The van der Waals surface area contributed by atoms with E-state index in [4.69, 9.17) is 11.6 Å².